The fourth-order valence-electron chi connectivity index (χ4n) is 2.06. The van der Waals surface area contributed by atoms with Crippen LogP contribution < -0.4 is 5.73 Å². The first-order chi connectivity index (χ1) is 13.7. The lowest BCUT2D eigenvalue weighted by Gasteiger charge is -2.33. The van der Waals surface area contributed by atoms with E-state index in [1.807, 2.05) is 0 Å². The summed E-state index contributed by atoms with van der Waals surface area (Å²) in [4.78, 5) is 42.8. The van der Waals surface area contributed by atoms with Crippen LogP contribution >= 0.6 is 0 Å². The summed E-state index contributed by atoms with van der Waals surface area (Å²) >= 11 is 0. The highest BCUT2D eigenvalue weighted by molar-refractivity contribution is 5.73. The number of carboxylic acids is 3. The molecule has 0 aliphatic heterocycles. The van der Waals surface area contributed by atoms with Crippen LogP contribution in [0.5, 0.6) is 0 Å². The summed E-state index contributed by atoms with van der Waals surface area (Å²) in [6, 6.07) is 0. The predicted octanol–water partition coefficient (Wildman–Crippen LogP) is -0.661. The molecule has 0 fully saturated rings. The Morgan fingerprint density at radius 1 is 0.586 bits per heavy atom. The van der Waals surface area contributed by atoms with Gasteiger partial charge in [-0.15, -0.1) is 0 Å². The van der Waals surface area contributed by atoms with E-state index in [1.165, 1.54) is 0 Å². The van der Waals surface area contributed by atoms with Gasteiger partial charge in [-0.25, -0.2) is 0 Å². The monoisotopic (exact) mass is 423 g/mol. The summed E-state index contributed by atoms with van der Waals surface area (Å²) in [5.41, 5.74) is 4.10. The Morgan fingerprint density at radius 2 is 0.862 bits per heavy atom. The topological polar surface area (TPSA) is 192 Å². The van der Waals surface area contributed by atoms with Gasteiger partial charge in [0.1, 0.15) is 0 Å². The Hall–Kier alpha value is -2.28. The third kappa shape index (κ3) is 16.4. The first-order valence-corrected chi connectivity index (χ1v) is 8.91. The Bertz CT molecular complexity index is 430. The molecular formula is C17H29NO11. The van der Waals surface area contributed by atoms with Gasteiger partial charge in [-0.05, 0) is 0 Å². The van der Waals surface area contributed by atoms with Gasteiger partial charge in [-0.3, -0.25) is 19.2 Å². The molecule has 0 spiro atoms. The molecule has 1 amide bonds. The molecule has 5 N–H and O–H groups in total. The average molecular weight is 423 g/mol. The number of hydrogen-bond donors (Lipinski definition) is 4. The third-order valence-electron chi connectivity index (χ3n) is 3.51. The van der Waals surface area contributed by atoms with Crippen LogP contribution in [0.4, 0.5) is 0 Å². The van der Waals surface area contributed by atoms with E-state index in [4.69, 9.17) is 40.0 Å². The second-order valence-electron chi connectivity index (χ2n) is 6.36. The van der Waals surface area contributed by atoms with Crippen LogP contribution in [0, 0.1) is 5.41 Å². The first-order valence-electron chi connectivity index (χ1n) is 8.91. The van der Waals surface area contributed by atoms with Gasteiger partial charge in [-0.2, -0.15) is 0 Å². The van der Waals surface area contributed by atoms with Gasteiger partial charge in [0.25, 0.3) is 0 Å². The number of primary amides is 1. The van der Waals surface area contributed by atoms with Crippen molar-refractivity contribution in [1.82, 2.24) is 0 Å². The van der Waals surface area contributed by atoms with E-state index in [1.54, 1.807) is 0 Å². The zero-order valence-electron chi connectivity index (χ0n) is 16.2. The summed E-state index contributed by atoms with van der Waals surface area (Å²) in [5, 5.41) is 26.1. The average Bonchev–Trinajstić information content (AvgIpc) is 2.62. The molecule has 0 unspecified atom stereocenters. The zero-order chi connectivity index (χ0) is 22.1. The summed E-state index contributed by atoms with van der Waals surface area (Å²) < 4.78 is 21.7. The van der Waals surface area contributed by atoms with E-state index in [0.29, 0.717) is 0 Å². The molecule has 0 aliphatic rings. The highest BCUT2D eigenvalue weighted by Crippen LogP contribution is 2.21. The van der Waals surface area contributed by atoms with Crippen LogP contribution in [0.15, 0.2) is 0 Å². The van der Waals surface area contributed by atoms with E-state index in [2.05, 4.69) is 0 Å². The van der Waals surface area contributed by atoms with E-state index in [-0.39, 0.29) is 78.5 Å². The SMILES string of the molecule is NC(=O)CCOCC(COCCC(=O)O)(COCCC(=O)O)COCCC(=O)O. The lowest BCUT2D eigenvalue weighted by Crippen LogP contribution is -2.42. The molecule has 0 radical (unpaired) electrons. The van der Waals surface area contributed by atoms with Crippen molar-refractivity contribution in [3.8, 4) is 0 Å². The second-order valence-corrected chi connectivity index (χ2v) is 6.36. The van der Waals surface area contributed by atoms with Gasteiger partial charge >= 0.3 is 17.9 Å². The Kier molecular flexibility index (Phi) is 14.4. The van der Waals surface area contributed by atoms with Gasteiger partial charge in [0.2, 0.25) is 5.91 Å². The van der Waals surface area contributed by atoms with Gasteiger partial charge in [-0.1, -0.05) is 0 Å². The molecule has 0 aromatic heterocycles. The molecule has 0 aromatic rings. The molecule has 0 saturated heterocycles. The van der Waals surface area contributed by atoms with Crippen molar-refractivity contribution in [2.24, 2.45) is 11.1 Å². The van der Waals surface area contributed by atoms with Crippen LogP contribution in [0.1, 0.15) is 25.7 Å². The quantitative estimate of drug-likeness (QED) is 0.182. The molecule has 0 bridgehead atoms. The maximum Gasteiger partial charge on any atom is 0.305 e. The number of rotatable bonds is 20. The number of aliphatic carboxylic acids is 3. The van der Waals surface area contributed by atoms with Crippen molar-refractivity contribution in [2.75, 3.05) is 52.9 Å². The largest absolute Gasteiger partial charge is 0.481 e. The molecule has 168 valence electrons. The van der Waals surface area contributed by atoms with Gasteiger partial charge in [0.05, 0.1) is 77.5 Å². The van der Waals surface area contributed by atoms with Crippen molar-refractivity contribution in [2.45, 2.75) is 25.7 Å². The third-order valence-corrected chi connectivity index (χ3v) is 3.51. The molecule has 0 saturated carbocycles. The van der Waals surface area contributed by atoms with E-state index < -0.39 is 29.2 Å². The van der Waals surface area contributed by atoms with E-state index >= 15 is 0 Å². The molecule has 0 aromatic carbocycles. The van der Waals surface area contributed by atoms with Crippen LogP contribution in [0.2, 0.25) is 0 Å². The van der Waals surface area contributed by atoms with Crippen molar-refractivity contribution in [3.05, 3.63) is 0 Å². The molecule has 0 aliphatic carbocycles. The number of carbonyl (C=O) groups is 4. The molecule has 12 nitrogen and oxygen atoms in total. The van der Waals surface area contributed by atoms with Crippen molar-refractivity contribution in [3.63, 3.8) is 0 Å². The minimum Gasteiger partial charge on any atom is -0.481 e. The normalized spacial score (nSPS) is 11.3. The maximum atomic E-state index is 10.8. The maximum absolute atomic E-state index is 10.8. The van der Waals surface area contributed by atoms with Crippen molar-refractivity contribution >= 4 is 23.8 Å². The summed E-state index contributed by atoms with van der Waals surface area (Å²) in [7, 11) is 0. The molecule has 0 atom stereocenters. The molecular weight excluding hydrogens is 394 g/mol. The van der Waals surface area contributed by atoms with Crippen LogP contribution in [0.25, 0.3) is 0 Å². The smallest absolute Gasteiger partial charge is 0.305 e. The summed E-state index contributed by atoms with van der Waals surface area (Å²) in [6.07, 6.45) is -0.690. The number of carbonyl (C=O) groups excluding carboxylic acids is 1. The molecule has 12 heteroatoms. The molecule has 29 heavy (non-hydrogen) atoms. The van der Waals surface area contributed by atoms with Gasteiger partial charge in [0.15, 0.2) is 0 Å². The number of amides is 1. The standard InChI is InChI=1S/C17H29NO11/c18-13(19)1-5-26-9-17(10-27-6-2-14(20)21,11-28-7-3-15(22)23)12-29-8-4-16(24)25/h1-12H2,(H2,18,19)(H,20,21)(H,22,23)(H,24,25). The van der Waals surface area contributed by atoms with Crippen LogP contribution in [-0.2, 0) is 38.1 Å². The lowest BCUT2D eigenvalue weighted by atomic mass is 9.92. The lowest BCUT2D eigenvalue weighted by molar-refractivity contribution is -0.141. The van der Waals surface area contributed by atoms with Gasteiger partial charge < -0.3 is 40.0 Å². The Morgan fingerprint density at radius 3 is 1.10 bits per heavy atom. The summed E-state index contributed by atoms with van der Waals surface area (Å²) in [6.45, 7) is -0.372. The molecule has 0 rings (SSSR count). The zero-order valence-corrected chi connectivity index (χ0v) is 16.2. The van der Waals surface area contributed by atoms with Crippen molar-refractivity contribution < 1.29 is 53.4 Å². The van der Waals surface area contributed by atoms with Crippen molar-refractivity contribution in [1.29, 1.82) is 0 Å². The number of ether oxygens (including phenoxy) is 4. The van der Waals surface area contributed by atoms with Gasteiger partial charge in [0, 0.05) is 6.42 Å². The van der Waals surface area contributed by atoms with Crippen LogP contribution in [-0.4, -0.2) is 92.0 Å². The van der Waals surface area contributed by atoms with E-state index in [0.717, 1.165) is 0 Å². The number of nitrogens with two attached hydrogens (primary N) is 1. The number of hydrogen-bond acceptors (Lipinski definition) is 8. The predicted molar refractivity (Wildman–Crippen MR) is 96.3 cm³/mol. The first kappa shape index (κ1) is 26.7. The fraction of sp³-hybridized carbons (Fsp3) is 0.765. The van der Waals surface area contributed by atoms with Crippen LogP contribution in [0.3, 0.4) is 0 Å². The second kappa shape index (κ2) is 15.6. The number of carboxylic acid groups (broad SMARTS) is 3. The highest BCUT2D eigenvalue weighted by atomic mass is 16.5. The minimum absolute atomic E-state index is 0.0182. The van der Waals surface area contributed by atoms with E-state index in [9.17, 15) is 19.2 Å². The fourth-order valence-corrected chi connectivity index (χ4v) is 2.06. The highest BCUT2D eigenvalue weighted by Gasteiger charge is 2.33. The summed E-state index contributed by atoms with van der Waals surface area (Å²) in [5.74, 6) is -3.67. The Balaban J connectivity index is 4.94. The molecule has 0 heterocycles. The minimum atomic E-state index is -1.04. The Labute approximate surface area is 167 Å².